The van der Waals surface area contributed by atoms with E-state index < -0.39 is 0 Å². The van der Waals surface area contributed by atoms with Crippen LogP contribution in [0.15, 0.2) is 36.0 Å². The van der Waals surface area contributed by atoms with Crippen LogP contribution < -0.4 is 11.3 Å². The number of hydrogen-bond acceptors (Lipinski definition) is 4. The van der Waals surface area contributed by atoms with E-state index >= 15 is 0 Å². The highest BCUT2D eigenvalue weighted by molar-refractivity contribution is 7.15. The molecule has 7 heteroatoms. The number of hydrogen-bond donors (Lipinski definition) is 2. The fourth-order valence-electron chi connectivity index (χ4n) is 2.13. The van der Waals surface area contributed by atoms with Crippen molar-refractivity contribution in [2.75, 3.05) is 0 Å². The molecule has 0 fully saturated rings. The lowest BCUT2D eigenvalue weighted by Gasteiger charge is -2.16. The SMILES string of the molecule is NNC(Cc1cn2ccsc2n1)c1ccc(Cl)cc1F. The molecule has 0 radical (unpaired) electrons. The molecule has 20 heavy (non-hydrogen) atoms. The van der Waals surface area contributed by atoms with Crippen LogP contribution in [0.4, 0.5) is 4.39 Å². The van der Waals surface area contributed by atoms with Gasteiger partial charge < -0.3 is 0 Å². The van der Waals surface area contributed by atoms with Gasteiger partial charge in [0.05, 0.1) is 11.7 Å². The van der Waals surface area contributed by atoms with Crippen molar-refractivity contribution in [2.45, 2.75) is 12.5 Å². The summed E-state index contributed by atoms with van der Waals surface area (Å²) < 4.78 is 15.9. The Bertz CT molecular complexity index is 710. The second kappa shape index (κ2) is 5.49. The van der Waals surface area contributed by atoms with Crippen LogP contribution in [-0.2, 0) is 6.42 Å². The third-order valence-electron chi connectivity index (χ3n) is 3.10. The maximum absolute atomic E-state index is 13.9. The van der Waals surface area contributed by atoms with Crippen LogP contribution >= 0.6 is 22.9 Å². The predicted molar refractivity (Wildman–Crippen MR) is 78.2 cm³/mol. The maximum Gasteiger partial charge on any atom is 0.193 e. The summed E-state index contributed by atoms with van der Waals surface area (Å²) in [4.78, 5) is 5.38. The molecule has 0 saturated heterocycles. The Balaban J connectivity index is 1.88. The molecule has 0 spiro atoms. The zero-order valence-corrected chi connectivity index (χ0v) is 12.0. The van der Waals surface area contributed by atoms with Gasteiger partial charge in [0.2, 0.25) is 0 Å². The molecule has 1 aromatic carbocycles. The molecule has 1 atom stereocenters. The molecule has 0 saturated carbocycles. The smallest absolute Gasteiger partial charge is 0.193 e. The lowest BCUT2D eigenvalue weighted by atomic mass is 10.0. The number of hydrazine groups is 1. The van der Waals surface area contributed by atoms with Crippen LogP contribution in [-0.4, -0.2) is 9.38 Å². The Kier molecular flexibility index (Phi) is 3.71. The minimum absolute atomic E-state index is 0.350. The quantitative estimate of drug-likeness (QED) is 0.575. The Labute approximate surface area is 124 Å². The van der Waals surface area contributed by atoms with E-state index in [4.69, 9.17) is 17.4 Å². The van der Waals surface area contributed by atoms with E-state index in [2.05, 4.69) is 10.4 Å². The Morgan fingerprint density at radius 1 is 1.50 bits per heavy atom. The van der Waals surface area contributed by atoms with Gasteiger partial charge in [-0.05, 0) is 12.1 Å². The van der Waals surface area contributed by atoms with Gasteiger partial charge in [-0.2, -0.15) is 0 Å². The third kappa shape index (κ3) is 2.55. The van der Waals surface area contributed by atoms with Crippen molar-refractivity contribution < 1.29 is 4.39 Å². The summed E-state index contributed by atoms with van der Waals surface area (Å²) in [7, 11) is 0. The molecule has 4 nitrogen and oxygen atoms in total. The number of nitrogens with two attached hydrogens (primary N) is 1. The molecule has 3 aromatic rings. The normalized spacial score (nSPS) is 12.9. The molecule has 0 aliphatic carbocycles. The fraction of sp³-hybridized carbons (Fsp3) is 0.154. The van der Waals surface area contributed by atoms with Crippen LogP contribution in [0.25, 0.3) is 4.96 Å². The zero-order chi connectivity index (χ0) is 14.1. The number of benzene rings is 1. The first-order valence-corrected chi connectivity index (χ1v) is 7.25. The van der Waals surface area contributed by atoms with Crippen LogP contribution in [0.2, 0.25) is 5.02 Å². The number of imidazole rings is 1. The van der Waals surface area contributed by atoms with Crippen molar-refractivity contribution in [1.29, 1.82) is 0 Å². The maximum atomic E-state index is 13.9. The summed E-state index contributed by atoms with van der Waals surface area (Å²) in [5.74, 6) is 5.17. The van der Waals surface area contributed by atoms with Gasteiger partial charge in [0.15, 0.2) is 4.96 Å². The number of rotatable bonds is 4. The molecule has 0 aliphatic rings. The van der Waals surface area contributed by atoms with Crippen LogP contribution in [0, 0.1) is 5.82 Å². The van der Waals surface area contributed by atoms with Crippen LogP contribution in [0.1, 0.15) is 17.3 Å². The highest BCUT2D eigenvalue weighted by Gasteiger charge is 2.17. The summed E-state index contributed by atoms with van der Waals surface area (Å²) in [6.45, 7) is 0. The minimum Gasteiger partial charge on any atom is -0.297 e. The van der Waals surface area contributed by atoms with Gasteiger partial charge >= 0.3 is 0 Å². The topological polar surface area (TPSA) is 55.3 Å². The van der Waals surface area contributed by atoms with E-state index in [-0.39, 0.29) is 11.9 Å². The van der Waals surface area contributed by atoms with E-state index in [0.29, 0.717) is 17.0 Å². The summed E-state index contributed by atoms with van der Waals surface area (Å²) in [5, 5.41) is 2.33. The molecule has 3 N–H and O–H groups in total. The van der Waals surface area contributed by atoms with Gasteiger partial charge in [0.25, 0.3) is 0 Å². The second-order valence-electron chi connectivity index (χ2n) is 4.41. The average Bonchev–Trinajstić information content (AvgIpc) is 2.97. The van der Waals surface area contributed by atoms with E-state index in [1.54, 1.807) is 23.5 Å². The van der Waals surface area contributed by atoms with Crippen molar-refractivity contribution in [3.8, 4) is 0 Å². The molecule has 2 aromatic heterocycles. The van der Waals surface area contributed by atoms with Crippen molar-refractivity contribution in [3.05, 3.63) is 58.1 Å². The number of aromatic nitrogens is 2. The van der Waals surface area contributed by atoms with Gasteiger partial charge in [-0.15, -0.1) is 11.3 Å². The zero-order valence-electron chi connectivity index (χ0n) is 10.4. The van der Waals surface area contributed by atoms with Crippen LogP contribution in [0.3, 0.4) is 0 Å². The summed E-state index contributed by atoms with van der Waals surface area (Å²) in [6, 6.07) is 4.22. The van der Waals surface area contributed by atoms with Crippen molar-refractivity contribution in [3.63, 3.8) is 0 Å². The molecular weight excluding hydrogens is 299 g/mol. The van der Waals surface area contributed by atoms with Gasteiger partial charge in [-0.1, -0.05) is 17.7 Å². The summed E-state index contributed by atoms with van der Waals surface area (Å²) in [6.07, 6.45) is 4.36. The monoisotopic (exact) mass is 310 g/mol. The first-order valence-electron chi connectivity index (χ1n) is 5.99. The molecule has 0 aliphatic heterocycles. The van der Waals surface area contributed by atoms with Gasteiger partial charge in [-0.3, -0.25) is 15.7 Å². The van der Waals surface area contributed by atoms with E-state index in [0.717, 1.165) is 10.7 Å². The highest BCUT2D eigenvalue weighted by Crippen LogP contribution is 2.24. The Hall–Kier alpha value is -1.47. The Morgan fingerprint density at radius 2 is 2.35 bits per heavy atom. The number of nitrogens with zero attached hydrogens (tertiary/aromatic N) is 2. The van der Waals surface area contributed by atoms with Crippen molar-refractivity contribution in [2.24, 2.45) is 5.84 Å². The van der Waals surface area contributed by atoms with E-state index in [1.807, 2.05) is 22.2 Å². The van der Waals surface area contributed by atoms with Gasteiger partial charge in [0, 0.05) is 34.8 Å². The fourth-order valence-corrected chi connectivity index (χ4v) is 3.00. The molecular formula is C13H12ClFN4S. The van der Waals surface area contributed by atoms with E-state index in [9.17, 15) is 4.39 Å². The molecule has 0 amide bonds. The minimum atomic E-state index is -0.374. The number of fused-ring (bicyclic) bond motifs is 1. The molecule has 2 heterocycles. The molecule has 1 unspecified atom stereocenters. The average molecular weight is 311 g/mol. The standard InChI is InChI=1S/C13H12ClFN4S/c14-8-1-2-10(11(15)5-8)12(18-16)6-9-7-19-3-4-20-13(19)17-9/h1-5,7,12,18H,6,16H2. The summed E-state index contributed by atoms with van der Waals surface area (Å²) >= 11 is 7.31. The van der Waals surface area contributed by atoms with Crippen molar-refractivity contribution in [1.82, 2.24) is 14.8 Å². The van der Waals surface area contributed by atoms with Gasteiger partial charge in [-0.25, -0.2) is 9.37 Å². The first-order chi connectivity index (χ1) is 9.67. The number of halogens is 2. The number of nitrogens with one attached hydrogen (secondary N) is 1. The lowest BCUT2D eigenvalue weighted by molar-refractivity contribution is 0.507. The molecule has 3 rings (SSSR count). The van der Waals surface area contributed by atoms with Gasteiger partial charge in [0.1, 0.15) is 5.82 Å². The Morgan fingerprint density at radius 3 is 3.05 bits per heavy atom. The second-order valence-corrected chi connectivity index (χ2v) is 5.72. The third-order valence-corrected chi connectivity index (χ3v) is 4.10. The predicted octanol–water partition coefficient (Wildman–Crippen LogP) is 2.94. The molecule has 104 valence electrons. The largest absolute Gasteiger partial charge is 0.297 e. The van der Waals surface area contributed by atoms with E-state index in [1.165, 1.54) is 6.07 Å². The summed E-state index contributed by atoms with van der Waals surface area (Å²) in [5.41, 5.74) is 3.97. The highest BCUT2D eigenvalue weighted by atomic mass is 35.5. The van der Waals surface area contributed by atoms with Crippen molar-refractivity contribution >= 4 is 27.9 Å². The number of thiazole rings is 1. The first kappa shape index (κ1) is 13.5. The van der Waals surface area contributed by atoms with Crippen LogP contribution in [0.5, 0.6) is 0 Å². The molecule has 0 bridgehead atoms. The lowest BCUT2D eigenvalue weighted by Crippen LogP contribution is -2.30.